The fourth-order valence-corrected chi connectivity index (χ4v) is 1.83. The van der Waals surface area contributed by atoms with E-state index in [9.17, 15) is 5.11 Å². The molecule has 2 N–H and O–H groups in total. The standard InChI is InChI=1S/C12H16N2O/c1-13-8-11(15)9-14-7-6-10-4-2-3-5-12(10)14/h2-7,11,13,15H,8-9H2,1H3. The fourth-order valence-electron chi connectivity index (χ4n) is 1.83. The Labute approximate surface area is 89.3 Å². The second-order valence-corrected chi connectivity index (χ2v) is 3.74. The number of nitrogens with zero attached hydrogens (tertiary/aromatic N) is 1. The molecule has 0 fully saturated rings. The van der Waals surface area contributed by atoms with Gasteiger partial charge in [0.15, 0.2) is 0 Å². The summed E-state index contributed by atoms with van der Waals surface area (Å²) >= 11 is 0. The molecule has 3 heteroatoms. The molecule has 0 aliphatic rings. The fraction of sp³-hybridized carbons (Fsp3) is 0.333. The van der Waals surface area contributed by atoms with Crippen molar-refractivity contribution in [3.05, 3.63) is 36.5 Å². The summed E-state index contributed by atoms with van der Waals surface area (Å²) in [6, 6.07) is 10.3. The highest BCUT2D eigenvalue weighted by atomic mass is 16.3. The maximum absolute atomic E-state index is 9.70. The van der Waals surface area contributed by atoms with Crippen molar-refractivity contribution in [2.45, 2.75) is 12.6 Å². The van der Waals surface area contributed by atoms with E-state index < -0.39 is 0 Å². The number of likely N-dealkylation sites (N-methyl/N-ethyl adjacent to an activating group) is 1. The Balaban J connectivity index is 2.21. The number of aromatic nitrogens is 1. The Morgan fingerprint density at radius 1 is 1.33 bits per heavy atom. The van der Waals surface area contributed by atoms with Crippen molar-refractivity contribution >= 4 is 10.9 Å². The van der Waals surface area contributed by atoms with Gasteiger partial charge < -0.3 is 15.0 Å². The van der Waals surface area contributed by atoms with Crippen molar-refractivity contribution in [2.75, 3.05) is 13.6 Å². The average Bonchev–Trinajstić information content (AvgIpc) is 2.62. The van der Waals surface area contributed by atoms with E-state index in [1.807, 2.05) is 25.4 Å². The van der Waals surface area contributed by atoms with Gasteiger partial charge in [-0.25, -0.2) is 0 Å². The summed E-state index contributed by atoms with van der Waals surface area (Å²) in [6.45, 7) is 1.25. The lowest BCUT2D eigenvalue weighted by atomic mass is 10.2. The zero-order valence-electron chi connectivity index (χ0n) is 8.85. The maximum Gasteiger partial charge on any atom is 0.0843 e. The zero-order chi connectivity index (χ0) is 10.7. The first-order valence-corrected chi connectivity index (χ1v) is 5.18. The monoisotopic (exact) mass is 204 g/mol. The van der Waals surface area contributed by atoms with Gasteiger partial charge in [0.25, 0.3) is 0 Å². The third-order valence-electron chi connectivity index (χ3n) is 2.53. The van der Waals surface area contributed by atoms with E-state index in [0.29, 0.717) is 13.1 Å². The van der Waals surface area contributed by atoms with Crippen LogP contribution in [-0.2, 0) is 6.54 Å². The van der Waals surface area contributed by atoms with Crippen LogP contribution in [0.4, 0.5) is 0 Å². The van der Waals surface area contributed by atoms with Crippen molar-refractivity contribution < 1.29 is 5.11 Å². The van der Waals surface area contributed by atoms with Gasteiger partial charge in [0.2, 0.25) is 0 Å². The van der Waals surface area contributed by atoms with Crippen LogP contribution in [-0.4, -0.2) is 29.4 Å². The summed E-state index contributed by atoms with van der Waals surface area (Å²) in [5.41, 5.74) is 1.17. The third kappa shape index (κ3) is 2.19. The average molecular weight is 204 g/mol. The Morgan fingerprint density at radius 2 is 2.13 bits per heavy atom. The Hall–Kier alpha value is -1.32. The lowest BCUT2D eigenvalue weighted by molar-refractivity contribution is 0.155. The van der Waals surface area contributed by atoms with E-state index >= 15 is 0 Å². The number of benzene rings is 1. The van der Waals surface area contributed by atoms with Crippen LogP contribution >= 0.6 is 0 Å². The molecule has 0 amide bonds. The highest BCUT2D eigenvalue weighted by molar-refractivity contribution is 5.79. The van der Waals surface area contributed by atoms with Crippen molar-refractivity contribution in [1.29, 1.82) is 0 Å². The van der Waals surface area contributed by atoms with Crippen molar-refractivity contribution in [2.24, 2.45) is 0 Å². The van der Waals surface area contributed by atoms with Crippen LogP contribution < -0.4 is 5.32 Å². The van der Waals surface area contributed by atoms with E-state index in [0.717, 1.165) is 0 Å². The minimum absolute atomic E-state index is 0.342. The van der Waals surface area contributed by atoms with E-state index in [4.69, 9.17) is 0 Å². The van der Waals surface area contributed by atoms with Crippen molar-refractivity contribution in [3.63, 3.8) is 0 Å². The van der Waals surface area contributed by atoms with E-state index in [1.54, 1.807) is 0 Å². The predicted molar refractivity (Wildman–Crippen MR) is 61.9 cm³/mol. The van der Waals surface area contributed by atoms with E-state index in [2.05, 4.69) is 28.1 Å². The lowest BCUT2D eigenvalue weighted by Gasteiger charge is -2.11. The molecule has 3 nitrogen and oxygen atoms in total. The highest BCUT2D eigenvalue weighted by Crippen LogP contribution is 2.15. The number of para-hydroxylation sites is 1. The summed E-state index contributed by atoms with van der Waals surface area (Å²) in [5.74, 6) is 0. The summed E-state index contributed by atoms with van der Waals surface area (Å²) in [7, 11) is 1.84. The molecule has 0 radical (unpaired) electrons. The van der Waals surface area contributed by atoms with Gasteiger partial charge in [0.1, 0.15) is 0 Å². The lowest BCUT2D eigenvalue weighted by Crippen LogP contribution is -2.27. The summed E-state index contributed by atoms with van der Waals surface area (Å²) < 4.78 is 2.08. The number of fused-ring (bicyclic) bond motifs is 1. The molecule has 1 aromatic carbocycles. The predicted octanol–water partition coefficient (Wildman–Crippen LogP) is 1.22. The van der Waals surface area contributed by atoms with Crippen LogP contribution in [0.3, 0.4) is 0 Å². The van der Waals surface area contributed by atoms with Gasteiger partial charge in [-0.3, -0.25) is 0 Å². The molecule has 1 heterocycles. The molecular weight excluding hydrogens is 188 g/mol. The highest BCUT2D eigenvalue weighted by Gasteiger charge is 2.05. The Bertz CT molecular complexity index is 436. The number of rotatable bonds is 4. The molecule has 0 aliphatic carbocycles. The Morgan fingerprint density at radius 3 is 2.93 bits per heavy atom. The molecule has 0 bridgehead atoms. The number of nitrogens with one attached hydrogen (secondary N) is 1. The minimum Gasteiger partial charge on any atom is -0.390 e. The molecule has 1 atom stereocenters. The first kappa shape index (κ1) is 10.2. The van der Waals surface area contributed by atoms with Crippen LogP contribution in [0, 0.1) is 0 Å². The second kappa shape index (κ2) is 4.47. The van der Waals surface area contributed by atoms with Gasteiger partial charge in [0, 0.05) is 24.8 Å². The van der Waals surface area contributed by atoms with Gasteiger partial charge in [0.05, 0.1) is 6.10 Å². The summed E-state index contributed by atoms with van der Waals surface area (Å²) in [4.78, 5) is 0. The molecule has 0 saturated carbocycles. The first-order valence-electron chi connectivity index (χ1n) is 5.18. The second-order valence-electron chi connectivity index (χ2n) is 3.74. The van der Waals surface area contributed by atoms with Gasteiger partial charge in [-0.1, -0.05) is 18.2 Å². The summed E-state index contributed by atoms with van der Waals surface area (Å²) in [5, 5.41) is 13.9. The molecule has 2 rings (SSSR count). The number of hydrogen-bond donors (Lipinski definition) is 2. The molecule has 80 valence electrons. The van der Waals surface area contributed by atoms with E-state index in [-0.39, 0.29) is 6.10 Å². The van der Waals surface area contributed by atoms with Crippen LogP contribution in [0.25, 0.3) is 10.9 Å². The topological polar surface area (TPSA) is 37.2 Å². The largest absolute Gasteiger partial charge is 0.390 e. The minimum atomic E-state index is -0.342. The smallest absolute Gasteiger partial charge is 0.0843 e. The third-order valence-corrected chi connectivity index (χ3v) is 2.53. The molecule has 0 saturated heterocycles. The molecule has 1 unspecified atom stereocenters. The number of hydrogen-bond acceptors (Lipinski definition) is 2. The molecule has 15 heavy (non-hydrogen) atoms. The van der Waals surface area contributed by atoms with Crippen LogP contribution in [0.15, 0.2) is 36.5 Å². The Kier molecular flexibility index (Phi) is 3.04. The van der Waals surface area contributed by atoms with Gasteiger partial charge in [-0.2, -0.15) is 0 Å². The quantitative estimate of drug-likeness (QED) is 0.785. The molecule has 0 spiro atoms. The van der Waals surface area contributed by atoms with Crippen LogP contribution in [0.2, 0.25) is 0 Å². The van der Waals surface area contributed by atoms with E-state index in [1.165, 1.54) is 10.9 Å². The van der Waals surface area contributed by atoms with Gasteiger partial charge in [-0.05, 0) is 24.6 Å². The molecular formula is C12H16N2O. The van der Waals surface area contributed by atoms with Crippen LogP contribution in [0.1, 0.15) is 0 Å². The molecule has 2 aromatic rings. The van der Waals surface area contributed by atoms with Crippen molar-refractivity contribution in [1.82, 2.24) is 9.88 Å². The summed E-state index contributed by atoms with van der Waals surface area (Å²) in [6.07, 6.45) is 1.68. The van der Waals surface area contributed by atoms with Gasteiger partial charge >= 0.3 is 0 Å². The van der Waals surface area contributed by atoms with Gasteiger partial charge in [-0.15, -0.1) is 0 Å². The molecule has 0 aliphatic heterocycles. The first-order chi connectivity index (χ1) is 7.31. The maximum atomic E-state index is 9.70. The normalized spacial score (nSPS) is 13.2. The van der Waals surface area contributed by atoms with Crippen LogP contribution in [0.5, 0.6) is 0 Å². The SMILES string of the molecule is CNCC(O)Cn1ccc2ccccc21. The molecule has 1 aromatic heterocycles. The zero-order valence-corrected chi connectivity index (χ0v) is 8.85. The number of aliphatic hydroxyl groups excluding tert-OH is 1. The number of aliphatic hydroxyl groups is 1. The van der Waals surface area contributed by atoms with Crippen molar-refractivity contribution in [3.8, 4) is 0 Å².